The summed E-state index contributed by atoms with van der Waals surface area (Å²) in [5.74, 6) is -0.312. The van der Waals surface area contributed by atoms with Crippen LogP contribution < -0.4 is 22.1 Å². The minimum atomic E-state index is -0.564. The van der Waals surface area contributed by atoms with Crippen molar-refractivity contribution in [3.63, 3.8) is 0 Å². The van der Waals surface area contributed by atoms with E-state index in [4.69, 9.17) is 20.9 Å². The Bertz CT molecular complexity index is 501. The van der Waals surface area contributed by atoms with Gasteiger partial charge in [0.15, 0.2) is 0 Å². The molecular weight excluding hydrogens is 384 g/mol. The molecule has 0 spiro atoms. The standard InChI is InChI=1S/C22H40N4O4/c23-11-5-7-15(17-9-1-3-13-29-17)19-21(27)26-20(22(28)25-19)16(8-6-12-24)18-10-2-4-14-30-18/h15-20H,1-14,23-24H2,(H,25,28)(H,26,27). The Labute approximate surface area is 180 Å². The number of carbonyl (C=O) groups excluding carboxylic acids is 2. The third-order valence-electron chi connectivity index (χ3n) is 6.88. The van der Waals surface area contributed by atoms with Crippen molar-refractivity contribution in [3.05, 3.63) is 0 Å². The first-order valence-electron chi connectivity index (χ1n) is 11.9. The van der Waals surface area contributed by atoms with Gasteiger partial charge < -0.3 is 31.6 Å². The van der Waals surface area contributed by atoms with Crippen LogP contribution in [0.1, 0.15) is 64.2 Å². The van der Waals surface area contributed by atoms with E-state index >= 15 is 0 Å². The van der Waals surface area contributed by atoms with Gasteiger partial charge in [0, 0.05) is 25.0 Å². The van der Waals surface area contributed by atoms with E-state index in [1.807, 2.05) is 0 Å². The highest BCUT2D eigenvalue weighted by Gasteiger charge is 2.45. The smallest absolute Gasteiger partial charge is 0.243 e. The Hall–Kier alpha value is -1.22. The molecule has 3 heterocycles. The summed E-state index contributed by atoms with van der Waals surface area (Å²) in [5, 5.41) is 6.12. The molecule has 8 nitrogen and oxygen atoms in total. The van der Waals surface area contributed by atoms with Crippen LogP contribution in [0.4, 0.5) is 0 Å². The molecule has 6 atom stereocenters. The lowest BCUT2D eigenvalue weighted by molar-refractivity contribution is -0.145. The number of carbonyl (C=O) groups is 2. The van der Waals surface area contributed by atoms with E-state index in [0.29, 0.717) is 13.1 Å². The van der Waals surface area contributed by atoms with Gasteiger partial charge in [-0.15, -0.1) is 0 Å². The molecule has 0 radical (unpaired) electrons. The topological polar surface area (TPSA) is 129 Å². The highest BCUT2D eigenvalue weighted by molar-refractivity contribution is 5.97. The third kappa shape index (κ3) is 5.93. The second-order valence-corrected chi connectivity index (χ2v) is 8.97. The molecule has 6 unspecified atom stereocenters. The minimum Gasteiger partial charge on any atom is -0.378 e. The molecular formula is C22H40N4O4. The van der Waals surface area contributed by atoms with Crippen molar-refractivity contribution in [3.8, 4) is 0 Å². The molecule has 0 aromatic rings. The lowest BCUT2D eigenvalue weighted by Gasteiger charge is -2.42. The molecule has 0 aromatic carbocycles. The molecule has 0 aliphatic carbocycles. The number of nitrogens with two attached hydrogens (primary N) is 2. The minimum absolute atomic E-state index is 0.00684. The van der Waals surface area contributed by atoms with Crippen molar-refractivity contribution in [2.75, 3.05) is 26.3 Å². The summed E-state index contributed by atoms with van der Waals surface area (Å²) in [5.41, 5.74) is 11.5. The van der Waals surface area contributed by atoms with Crippen LogP contribution in [0.25, 0.3) is 0 Å². The molecule has 3 aliphatic rings. The normalized spacial score (nSPS) is 32.2. The van der Waals surface area contributed by atoms with E-state index in [1.165, 1.54) is 0 Å². The second-order valence-electron chi connectivity index (χ2n) is 8.97. The molecule has 0 bridgehead atoms. The molecule has 3 aliphatic heterocycles. The fraction of sp³-hybridized carbons (Fsp3) is 0.909. The van der Waals surface area contributed by atoms with Crippen LogP contribution in [0, 0.1) is 11.8 Å². The first-order chi connectivity index (χ1) is 14.7. The largest absolute Gasteiger partial charge is 0.378 e. The van der Waals surface area contributed by atoms with Crippen molar-refractivity contribution in [2.45, 2.75) is 88.5 Å². The van der Waals surface area contributed by atoms with E-state index in [9.17, 15) is 9.59 Å². The molecule has 172 valence electrons. The van der Waals surface area contributed by atoms with E-state index in [0.717, 1.165) is 77.4 Å². The number of rotatable bonds is 10. The van der Waals surface area contributed by atoms with E-state index < -0.39 is 12.1 Å². The van der Waals surface area contributed by atoms with E-state index in [2.05, 4.69) is 10.6 Å². The third-order valence-corrected chi connectivity index (χ3v) is 6.88. The van der Waals surface area contributed by atoms with Gasteiger partial charge in [0.25, 0.3) is 0 Å². The van der Waals surface area contributed by atoms with Gasteiger partial charge in [-0.1, -0.05) is 0 Å². The molecule has 2 amide bonds. The average molecular weight is 425 g/mol. The van der Waals surface area contributed by atoms with Crippen molar-refractivity contribution >= 4 is 11.8 Å². The van der Waals surface area contributed by atoms with Crippen LogP contribution in [-0.4, -0.2) is 62.4 Å². The first-order valence-corrected chi connectivity index (χ1v) is 11.9. The maximum absolute atomic E-state index is 13.2. The lowest BCUT2D eigenvalue weighted by atomic mass is 9.80. The van der Waals surface area contributed by atoms with Gasteiger partial charge >= 0.3 is 0 Å². The summed E-state index contributed by atoms with van der Waals surface area (Å²) < 4.78 is 12.0. The Morgan fingerprint density at radius 1 is 0.767 bits per heavy atom. The van der Waals surface area contributed by atoms with Gasteiger partial charge in [0.2, 0.25) is 11.8 Å². The zero-order valence-electron chi connectivity index (χ0n) is 18.2. The summed E-state index contributed by atoms with van der Waals surface area (Å²) in [6.45, 7) is 2.56. The summed E-state index contributed by atoms with van der Waals surface area (Å²) in [6.07, 6.45) is 9.28. The van der Waals surface area contributed by atoms with Crippen molar-refractivity contribution < 1.29 is 19.1 Å². The number of piperazine rings is 1. The van der Waals surface area contributed by atoms with Crippen LogP contribution in [-0.2, 0) is 19.1 Å². The highest BCUT2D eigenvalue weighted by Crippen LogP contribution is 2.31. The molecule has 0 aromatic heterocycles. The zero-order valence-corrected chi connectivity index (χ0v) is 18.2. The average Bonchev–Trinajstić information content (AvgIpc) is 2.78. The molecule has 30 heavy (non-hydrogen) atoms. The Morgan fingerprint density at radius 2 is 1.20 bits per heavy atom. The number of nitrogens with one attached hydrogen (secondary N) is 2. The molecule has 0 saturated carbocycles. The number of hydrogen-bond donors (Lipinski definition) is 4. The van der Waals surface area contributed by atoms with Gasteiger partial charge in [0.05, 0.1) is 12.2 Å². The van der Waals surface area contributed by atoms with Crippen LogP contribution in [0.3, 0.4) is 0 Å². The van der Waals surface area contributed by atoms with Crippen LogP contribution >= 0.6 is 0 Å². The lowest BCUT2D eigenvalue weighted by Crippen LogP contribution is -2.68. The maximum atomic E-state index is 13.2. The molecule has 3 rings (SSSR count). The fourth-order valence-corrected chi connectivity index (χ4v) is 5.27. The summed E-state index contributed by atoms with van der Waals surface area (Å²) in [6, 6.07) is -1.13. The molecule has 6 N–H and O–H groups in total. The quantitative estimate of drug-likeness (QED) is 0.411. The maximum Gasteiger partial charge on any atom is 0.243 e. The van der Waals surface area contributed by atoms with Gasteiger partial charge in [-0.25, -0.2) is 0 Å². The van der Waals surface area contributed by atoms with Crippen molar-refractivity contribution in [1.29, 1.82) is 0 Å². The number of amides is 2. The van der Waals surface area contributed by atoms with Gasteiger partial charge in [0.1, 0.15) is 12.1 Å². The van der Waals surface area contributed by atoms with Gasteiger partial charge in [-0.3, -0.25) is 9.59 Å². The van der Waals surface area contributed by atoms with Crippen molar-refractivity contribution in [1.82, 2.24) is 10.6 Å². The Balaban J connectivity index is 1.71. The SMILES string of the molecule is NCCCC(C1CCCCO1)C1NC(=O)C(C(CCCN)C2CCCCO2)NC1=O. The number of hydrogen-bond acceptors (Lipinski definition) is 6. The highest BCUT2D eigenvalue weighted by atomic mass is 16.5. The first kappa shape index (κ1) is 23.4. The van der Waals surface area contributed by atoms with Crippen molar-refractivity contribution in [2.24, 2.45) is 23.3 Å². The second kappa shape index (κ2) is 12.0. The summed E-state index contributed by atoms with van der Waals surface area (Å²) >= 11 is 0. The fourth-order valence-electron chi connectivity index (χ4n) is 5.27. The summed E-state index contributed by atoms with van der Waals surface area (Å²) in [7, 11) is 0. The molecule has 8 heteroatoms. The van der Waals surface area contributed by atoms with Crippen LogP contribution in [0.15, 0.2) is 0 Å². The van der Waals surface area contributed by atoms with E-state index in [-0.39, 0.29) is 35.9 Å². The van der Waals surface area contributed by atoms with Crippen LogP contribution in [0.5, 0.6) is 0 Å². The molecule has 3 saturated heterocycles. The predicted octanol–water partition coefficient (Wildman–Crippen LogP) is 0.818. The molecule has 3 fully saturated rings. The van der Waals surface area contributed by atoms with Crippen LogP contribution in [0.2, 0.25) is 0 Å². The van der Waals surface area contributed by atoms with Gasteiger partial charge in [-0.2, -0.15) is 0 Å². The zero-order chi connectivity index (χ0) is 21.3. The summed E-state index contributed by atoms with van der Waals surface area (Å²) in [4.78, 5) is 26.4. The monoisotopic (exact) mass is 424 g/mol. The van der Waals surface area contributed by atoms with E-state index in [1.54, 1.807) is 0 Å². The van der Waals surface area contributed by atoms with Gasteiger partial charge in [-0.05, 0) is 77.3 Å². The predicted molar refractivity (Wildman–Crippen MR) is 115 cm³/mol. The number of ether oxygens (including phenoxy) is 2. The Kier molecular flexibility index (Phi) is 9.36. The Morgan fingerprint density at radius 3 is 1.53 bits per heavy atom.